The summed E-state index contributed by atoms with van der Waals surface area (Å²) < 4.78 is 5.74. The number of hydrogen-bond acceptors (Lipinski definition) is 4. The van der Waals surface area contributed by atoms with Crippen LogP contribution in [0, 0.1) is 6.92 Å². The van der Waals surface area contributed by atoms with E-state index in [0.717, 1.165) is 11.1 Å². The van der Waals surface area contributed by atoms with E-state index in [-0.39, 0.29) is 18.5 Å². The zero-order valence-corrected chi connectivity index (χ0v) is 15.7. The van der Waals surface area contributed by atoms with Crippen LogP contribution in [0.15, 0.2) is 52.9 Å². The van der Waals surface area contributed by atoms with Gasteiger partial charge in [-0.1, -0.05) is 29.3 Å². The number of aryl methyl sites for hydroxylation is 1. The van der Waals surface area contributed by atoms with Crippen molar-refractivity contribution in [1.29, 1.82) is 0 Å². The zero-order chi connectivity index (χ0) is 18.7. The molecule has 26 heavy (non-hydrogen) atoms. The van der Waals surface area contributed by atoms with E-state index >= 15 is 0 Å². The molecule has 0 aliphatic carbocycles. The van der Waals surface area contributed by atoms with Crippen molar-refractivity contribution in [1.82, 2.24) is 15.1 Å². The highest BCUT2D eigenvalue weighted by Gasteiger charge is 2.22. The lowest BCUT2D eigenvalue weighted by Gasteiger charge is -2.25. The van der Waals surface area contributed by atoms with Gasteiger partial charge in [-0.05, 0) is 57.2 Å². The molecule has 1 heterocycles. The molecule has 0 fully saturated rings. The Bertz CT molecular complexity index is 903. The number of aromatic nitrogens is 2. The minimum absolute atomic E-state index is 0.00565. The highest BCUT2D eigenvalue weighted by Crippen LogP contribution is 2.21. The maximum atomic E-state index is 12.9. The number of rotatable bonds is 5. The predicted octanol–water partition coefficient (Wildman–Crippen LogP) is 4.75. The van der Waals surface area contributed by atoms with Crippen LogP contribution in [0.25, 0.3) is 11.5 Å². The van der Waals surface area contributed by atoms with Crippen molar-refractivity contribution in [3.05, 3.63) is 70.6 Å². The quantitative estimate of drug-likeness (QED) is 0.651. The van der Waals surface area contributed by atoms with Crippen LogP contribution in [0.3, 0.4) is 0 Å². The maximum Gasteiger partial charge on any atom is 0.254 e. The summed E-state index contributed by atoms with van der Waals surface area (Å²) in [5.74, 6) is 0.739. The van der Waals surface area contributed by atoms with Gasteiger partial charge in [0.25, 0.3) is 5.91 Å². The molecule has 3 aromatic rings. The first-order valence-electron chi connectivity index (χ1n) is 8.40. The number of carbonyl (C=O) groups is 1. The van der Waals surface area contributed by atoms with E-state index in [1.807, 2.05) is 57.2 Å². The van der Waals surface area contributed by atoms with Gasteiger partial charge >= 0.3 is 0 Å². The average molecular weight is 370 g/mol. The molecule has 0 unspecified atom stereocenters. The van der Waals surface area contributed by atoms with Crippen molar-refractivity contribution in [2.75, 3.05) is 0 Å². The fourth-order valence-electron chi connectivity index (χ4n) is 2.61. The second-order valence-corrected chi connectivity index (χ2v) is 6.84. The van der Waals surface area contributed by atoms with Crippen LogP contribution in [0.4, 0.5) is 0 Å². The molecule has 1 amide bonds. The highest BCUT2D eigenvalue weighted by atomic mass is 35.5. The molecule has 0 saturated carbocycles. The minimum atomic E-state index is -0.0602. The Morgan fingerprint density at radius 1 is 1.15 bits per heavy atom. The third-order valence-corrected chi connectivity index (χ3v) is 4.26. The first-order chi connectivity index (χ1) is 12.4. The van der Waals surface area contributed by atoms with Gasteiger partial charge in [-0.3, -0.25) is 4.79 Å². The van der Waals surface area contributed by atoms with Crippen LogP contribution in [0.2, 0.25) is 5.02 Å². The summed E-state index contributed by atoms with van der Waals surface area (Å²) in [6.45, 7) is 6.15. The molecule has 1 aromatic heterocycles. The monoisotopic (exact) mass is 369 g/mol. The van der Waals surface area contributed by atoms with Crippen LogP contribution in [0.5, 0.6) is 0 Å². The van der Waals surface area contributed by atoms with E-state index in [4.69, 9.17) is 16.0 Å². The average Bonchev–Trinajstić information content (AvgIpc) is 3.08. The topological polar surface area (TPSA) is 59.2 Å². The van der Waals surface area contributed by atoms with Crippen molar-refractivity contribution >= 4 is 17.5 Å². The van der Waals surface area contributed by atoms with Gasteiger partial charge in [0.15, 0.2) is 0 Å². The Labute approximate surface area is 157 Å². The van der Waals surface area contributed by atoms with E-state index in [1.54, 1.807) is 17.0 Å². The lowest BCUT2D eigenvalue weighted by molar-refractivity contribution is 0.0672. The fraction of sp³-hybridized carbons (Fsp3) is 0.250. The minimum Gasteiger partial charge on any atom is -0.419 e. The molecule has 0 bridgehead atoms. The van der Waals surface area contributed by atoms with E-state index in [1.165, 1.54) is 0 Å². The van der Waals surface area contributed by atoms with Crippen LogP contribution in [-0.2, 0) is 6.54 Å². The molecule has 0 aliphatic rings. The number of benzene rings is 2. The lowest BCUT2D eigenvalue weighted by atomic mass is 10.1. The van der Waals surface area contributed by atoms with Crippen molar-refractivity contribution in [2.45, 2.75) is 33.4 Å². The van der Waals surface area contributed by atoms with Gasteiger partial charge in [0, 0.05) is 22.2 Å². The number of carbonyl (C=O) groups excluding carboxylic acids is 1. The molecule has 3 rings (SSSR count). The van der Waals surface area contributed by atoms with Gasteiger partial charge in [0.05, 0.1) is 6.54 Å². The van der Waals surface area contributed by atoms with Gasteiger partial charge < -0.3 is 9.32 Å². The number of halogens is 1. The molecular weight excluding hydrogens is 350 g/mol. The number of amides is 1. The van der Waals surface area contributed by atoms with Gasteiger partial charge in [0.1, 0.15) is 0 Å². The number of hydrogen-bond donors (Lipinski definition) is 0. The first-order valence-corrected chi connectivity index (χ1v) is 8.78. The Morgan fingerprint density at radius 2 is 1.88 bits per heavy atom. The molecule has 0 radical (unpaired) electrons. The maximum absolute atomic E-state index is 12.9. The third kappa shape index (κ3) is 4.11. The normalized spacial score (nSPS) is 11.0. The predicted molar refractivity (Wildman–Crippen MR) is 101 cm³/mol. The summed E-state index contributed by atoms with van der Waals surface area (Å²) in [4.78, 5) is 14.6. The van der Waals surface area contributed by atoms with Crippen molar-refractivity contribution in [3.63, 3.8) is 0 Å². The van der Waals surface area contributed by atoms with Gasteiger partial charge in [-0.15, -0.1) is 10.2 Å². The largest absolute Gasteiger partial charge is 0.419 e. The van der Waals surface area contributed by atoms with Crippen LogP contribution in [-0.4, -0.2) is 27.0 Å². The molecule has 0 aliphatic heterocycles. The van der Waals surface area contributed by atoms with Gasteiger partial charge in [-0.2, -0.15) is 0 Å². The summed E-state index contributed by atoms with van der Waals surface area (Å²) in [6.07, 6.45) is 0. The van der Waals surface area contributed by atoms with Crippen LogP contribution >= 0.6 is 11.6 Å². The molecule has 134 valence electrons. The van der Waals surface area contributed by atoms with Crippen LogP contribution in [0.1, 0.15) is 35.7 Å². The molecule has 2 aromatic carbocycles. The number of nitrogens with zero attached hydrogens (tertiary/aromatic N) is 3. The second-order valence-electron chi connectivity index (χ2n) is 6.40. The van der Waals surface area contributed by atoms with E-state index in [9.17, 15) is 4.79 Å². The third-order valence-electron chi connectivity index (χ3n) is 4.01. The summed E-state index contributed by atoms with van der Waals surface area (Å²) >= 11 is 5.90. The lowest BCUT2D eigenvalue weighted by Crippen LogP contribution is -2.36. The second kappa shape index (κ2) is 7.70. The Balaban J connectivity index is 1.80. The SMILES string of the molecule is Cc1cccc(C(=O)N(Cc2nnc(-c3ccc(Cl)cc3)o2)C(C)C)c1. The molecule has 0 N–H and O–H groups in total. The van der Waals surface area contributed by atoms with E-state index in [0.29, 0.717) is 22.4 Å². The first kappa shape index (κ1) is 18.1. The summed E-state index contributed by atoms with van der Waals surface area (Å²) in [7, 11) is 0. The molecule has 0 saturated heterocycles. The molecule has 5 nitrogen and oxygen atoms in total. The molecule has 0 spiro atoms. The summed E-state index contributed by atoms with van der Waals surface area (Å²) in [5, 5.41) is 8.81. The Kier molecular flexibility index (Phi) is 5.38. The van der Waals surface area contributed by atoms with Crippen molar-refractivity contribution in [2.24, 2.45) is 0 Å². The smallest absolute Gasteiger partial charge is 0.254 e. The molecule has 0 atom stereocenters. The standard InChI is InChI=1S/C20H20ClN3O2/c1-13(2)24(20(25)16-6-4-5-14(3)11-16)12-18-22-23-19(26-18)15-7-9-17(21)10-8-15/h4-11,13H,12H2,1-3H3. The highest BCUT2D eigenvalue weighted by molar-refractivity contribution is 6.30. The Hall–Kier alpha value is -2.66. The Morgan fingerprint density at radius 3 is 2.54 bits per heavy atom. The van der Waals surface area contributed by atoms with Gasteiger partial charge in [-0.25, -0.2) is 0 Å². The molecular formula is C20H20ClN3O2. The fourth-order valence-corrected chi connectivity index (χ4v) is 2.73. The zero-order valence-electron chi connectivity index (χ0n) is 14.9. The van der Waals surface area contributed by atoms with Crippen molar-refractivity contribution < 1.29 is 9.21 Å². The summed E-state index contributed by atoms with van der Waals surface area (Å²) in [6, 6.07) is 14.7. The van der Waals surface area contributed by atoms with E-state index in [2.05, 4.69) is 10.2 Å². The molecule has 6 heteroatoms. The van der Waals surface area contributed by atoms with E-state index < -0.39 is 0 Å². The summed E-state index contributed by atoms with van der Waals surface area (Å²) in [5.41, 5.74) is 2.48. The van der Waals surface area contributed by atoms with Gasteiger partial charge in [0.2, 0.25) is 11.8 Å². The van der Waals surface area contributed by atoms with Crippen molar-refractivity contribution in [3.8, 4) is 11.5 Å². The van der Waals surface area contributed by atoms with Crippen LogP contribution < -0.4 is 0 Å².